The fourth-order valence-corrected chi connectivity index (χ4v) is 8.28. The van der Waals surface area contributed by atoms with Crippen molar-refractivity contribution in [3.63, 3.8) is 0 Å². The Morgan fingerprint density at radius 3 is 0.939 bits per heavy atom. The van der Waals surface area contributed by atoms with E-state index in [0.29, 0.717) is 19.3 Å². The number of esters is 3. The van der Waals surface area contributed by atoms with Crippen molar-refractivity contribution >= 4 is 17.9 Å². The average Bonchev–Trinajstić information content (AvgIpc) is 3.31. The third-order valence-electron chi connectivity index (χ3n) is 12.6. The molecule has 0 aromatic carbocycles. The lowest BCUT2D eigenvalue weighted by Crippen LogP contribution is -2.30. The van der Waals surface area contributed by atoms with Crippen molar-refractivity contribution in [1.82, 2.24) is 0 Å². The van der Waals surface area contributed by atoms with E-state index in [-0.39, 0.29) is 31.1 Å². The van der Waals surface area contributed by atoms with Gasteiger partial charge in [-0.1, -0.05) is 249 Å². The Balaban J connectivity index is 4.37. The van der Waals surface area contributed by atoms with Crippen LogP contribution in [0, 0.1) is 0 Å². The van der Waals surface area contributed by atoms with Gasteiger partial charge in [-0.05, 0) is 77.0 Å². The van der Waals surface area contributed by atoms with E-state index in [2.05, 4.69) is 69.4 Å². The van der Waals surface area contributed by atoms with Crippen molar-refractivity contribution in [1.29, 1.82) is 0 Å². The molecule has 0 saturated heterocycles. The summed E-state index contributed by atoms with van der Waals surface area (Å²) in [6.45, 7) is 6.55. The predicted octanol–water partition coefficient (Wildman–Crippen LogP) is 19.0. The Bertz CT molecular complexity index is 1150. The van der Waals surface area contributed by atoms with Gasteiger partial charge in [0.1, 0.15) is 13.2 Å². The number of carbonyl (C=O) groups is 3. The molecule has 0 aromatic rings. The largest absolute Gasteiger partial charge is 0.462 e. The fraction of sp³-hybridized carbons (Fsp3) is 0.817. The first-order valence-electron chi connectivity index (χ1n) is 28.6. The third kappa shape index (κ3) is 52.3. The molecule has 0 saturated carbocycles. The molecule has 66 heavy (non-hydrogen) atoms. The molecule has 6 heteroatoms. The maximum absolute atomic E-state index is 12.8. The van der Waals surface area contributed by atoms with E-state index >= 15 is 0 Å². The van der Waals surface area contributed by atoms with Gasteiger partial charge in [0.25, 0.3) is 0 Å². The molecule has 0 fully saturated rings. The van der Waals surface area contributed by atoms with E-state index in [4.69, 9.17) is 14.2 Å². The lowest BCUT2D eigenvalue weighted by atomic mass is 10.0. The molecule has 6 nitrogen and oxygen atoms in total. The summed E-state index contributed by atoms with van der Waals surface area (Å²) in [4.78, 5) is 38.1. The topological polar surface area (TPSA) is 78.9 Å². The van der Waals surface area contributed by atoms with Crippen LogP contribution in [0.3, 0.4) is 0 Å². The Kier molecular flexibility index (Phi) is 52.8. The summed E-state index contributed by atoms with van der Waals surface area (Å²) in [5.74, 6) is -0.880. The zero-order valence-corrected chi connectivity index (χ0v) is 44.0. The quantitative estimate of drug-likeness (QED) is 0.0262. The maximum atomic E-state index is 12.8. The summed E-state index contributed by atoms with van der Waals surface area (Å²) < 4.78 is 16.9. The van der Waals surface area contributed by atoms with Gasteiger partial charge in [0.05, 0.1) is 0 Å². The zero-order chi connectivity index (χ0) is 47.9. The Morgan fingerprint density at radius 2 is 0.591 bits per heavy atom. The van der Waals surface area contributed by atoms with E-state index in [1.165, 1.54) is 167 Å². The van der Waals surface area contributed by atoms with Gasteiger partial charge in [-0.3, -0.25) is 14.4 Å². The van der Waals surface area contributed by atoms with Gasteiger partial charge in [-0.2, -0.15) is 0 Å². The number of carbonyl (C=O) groups excluding carboxylic acids is 3. The zero-order valence-electron chi connectivity index (χ0n) is 44.0. The van der Waals surface area contributed by atoms with E-state index in [1.54, 1.807) is 0 Å². The first kappa shape index (κ1) is 63.4. The molecule has 1 unspecified atom stereocenters. The van der Waals surface area contributed by atoms with Crippen LogP contribution in [0.25, 0.3) is 0 Å². The number of allylic oxidation sites excluding steroid dienone is 8. The molecular weight excluding hydrogens is 817 g/mol. The minimum atomic E-state index is -0.779. The minimum absolute atomic E-state index is 0.0768. The van der Waals surface area contributed by atoms with Crippen molar-refractivity contribution in [2.75, 3.05) is 13.2 Å². The Labute approximate surface area is 409 Å². The highest BCUT2D eigenvalue weighted by atomic mass is 16.6. The second kappa shape index (κ2) is 55.0. The fourth-order valence-electron chi connectivity index (χ4n) is 8.28. The molecule has 0 radical (unpaired) electrons. The first-order chi connectivity index (χ1) is 32.5. The normalized spacial score (nSPS) is 12.3. The molecule has 0 bridgehead atoms. The van der Waals surface area contributed by atoms with Gasteiger partial charge in [0.2, 0.25) is 0 Å². The molecule has 0 N–H and O–H groups in total. The van der Waals surface area contributed by atoms with Crippen molar-refractivity contribution in [3.05, 3.63) is 48.6 Å². The van der Waals surface area contributed by atoms with Crippen LogP contribution in [0.5, 0.6) is 0 Å². The predicted molar refractivity (Wildman–Crippen MR) is 284 cm³/mol. The van der Waals surface area contributed by atoms with Crippen LogP contribution in [-0.4, -0.2) is 37.2 Å². The van der Waals surface area contributed by atoms with Crippen LogP contribution in [0.1, 0.15) is 297 Å². The Hall–Kier alpha value is -2.63. The minimum Gasteiger partial charge on any atom is -0.462 e. The number of hydrogen-bond acceptors (Lipinski definition) is 6. The van der Waals surface area contributed by atoms with Crippen LogP contribution in [0.2, 0.25) is 0 Å². The van der Waals surface area contributed by atoms with Crippen LogP contribution in [-0.2, 0) is 28.6 Å². The van der Waals surface area contributed by atoms with E-state index in [1.807, 2.05) is 0 Å². The summed E-state index contributed by atoms with van der Waals surface area (Å²) >= 11 is 0. The van der Waals surface area contributed by atoms with Gasteiger partial charge >= 0.3 is 17.9 Å². The summed E-state index contributed by atoms with van der Waals surface area (Å²) in [6, 6.07) is 0. The summed E-state index contributed by atoms with van der Waals surface area (Å²) in [5, 5.41) is 0. The second-order valence-electron chi connectivity index (χ2n) is 19.2. The third-order valence-corrected chi connectivity index (χ3v) is 12.6. The smallest absolute Gasteiger partial charge is 0.306 e. The lowest BCUT2D eigenvalue weighted by molar-refractivity contribution is -0.167. The molecule has 0 spiro atoms. The molecule has 0 amide bonds. The van der Waals surface area contributed by atoms with Gasteiger partial charge in [-0.15, -0.1) is 0 Å². The second-order valence-corrected chi connectivity index (χ2v) is 19.2. The Morgan fingerprint density at radius 1 is 0.318 bits per heavy atom. The van der Waals surface area contributed by atoms with E-state index in [9.17, 15) is 14.4 Å². The number of rotatable bonds is 52. The van der Waals surface area contributed by atoms with E-state index < -0.39 is 6.10 Å². The number of ether oxygens (including phenoxy) is 3. The van der Waals surface area contributed by atoms with Crippen LogP contribution < -0.4 is 0 Å². The summed E-state index contributed by atoms with van der Waals surface area (Å²) in [5.41, 5.74) is 0. The van der Waals surface area contributed by atoms with Crippen molar-refractivity contribution in [2.24, 2.45) is 0 Å². The first-order valence-corrected chi connectivity index (χ1v) is 28.6. The molecule has 0 aliphatic heterocycles. The highest BCUT2D eigenvalue weighted by molar-refractivity contribution is 5.71. The van der Waals surface area contributed by atoms with Crippen LogP contribution in [0.4, 0.5) is 0 Å². The molecule has 0 aromatic heterocycles. The van der Waals surface area contributed by atoms with Crippen LogP contribution in [0.15, 0.2) is 48.6 Å². The number of unbranched alkanes of at least 4 members (excludes halogenated alkanes) is 33. The van der Waals surface area contributed by atoms with Crippen molar-refractivity contribution in [2.45, 2.75) is 303 Å². The number of hydrogen-bond donors (Lipinski definition) is 0. The van der Waals surface area contributed by atoms with Gasteiger partial charge in [-0.25, -0.2) is 0 Å². The highest BCUT2D eigenvalue weighted by Gasteiger charge is 2.19. The van der Waals surface area contributed by atoms with Crippen molar-refractivity contribution in [3.8, 4) is 0 Å². The van der Waals surface area contributed by atoms with E-state index in [0.717, 1.165) is 89.9 Å². The summed E-state index contributed by atoms with van der Waals surface area (Å²) in [6.07, 6.45) is 66.7. The van der Waals surface area contributed by atoms with Gasteiger partial charge < -0.3 is 14.2 Å². The molecule has 384 valence electrons. The SMILES string of the molecule is CC/C=C\C/C=C\C/C=C\CCCCCCCCC(=O)OC(COC(=O)CCCCCCCCC/C=C\CCCCCCCC)COC(=O)CCCCCCCCCCCCCCCCC. The molecule has 0 aliphatic carbocycles. The molecule has 0 aliphatic rings. The highest BCUT2D eigenvalue weighted by Crippen LogP contribution is 2.16. The summed E-state index contributed by atoms with van der Waals surface area (Å²) in [7, 11) is 0. The van der Waals surface area contributed by atoms with Gasteiger partial charge in [0, 0.05) is 19.3 Å². The lowest BCUT2D eigenvalue weighted by Gasteiger charge is -2.18. The maximum Gasteiger partial charge on any atom is 0.306 e. The molecular formula is C60H108O6. The van der Waals surface area contributed by atoms with Gasteiger partial charge in [0.15, 0.2) is 6.10 Å². The monoisotopic (exact) mass is 925 g/mol. The molecule has 0 heterocycles. The average molecular weight is 926 g/mol. The van der Waals surface area contributed by atoms with Crippen LogP contribution >= 0.6 is 0 Å². The standard InChI is InChI=1S/C60H108O6/c1-4-7-10-13-16-19-22-25-28-30-33-35-38-41-44-47-50-53-59(62)65-56-57(55-64-58(61)52-49-46-43-40-37-34-31-27-24-21-18-15-12-9-6-3)66-60(63)54-51-48-45-42-39-36-32-29-26-23-20-17-14-11-8-5-2/h8,11,17,20,25-26,28-29,57H,4-7,9-10,12-16,18-19,21-24,27,30-56H2,1-3H3/b11-8-,20-17-,28-25-,29-26-. The molecule has 1 atom stereocenters. The molecule has 0 rings (SSSR count). The van der Waals surface area contributed by atoms with Crippen molar-refractivity contribution < 1.29 is 28.6 Å².